The Morgan fingerprint density at radius 1 is 1.26 bits per heavy atom. The average Bonchev–Trinajstić information content (AvgIpc) is 2.95. The van der Waals surface area contributed by atoms with Crippen LogP contribution in [0.15, 0.2) is 18.2 Å². The van der Waals surface area contributed by atoms with Crippen molar-refractivity contribution in [1.29, 1.82) is 0 Å². The first-order valence-corrected chi connectivity index (χ1v) is 10.7. The van der Waals surface area contributed by atoms with Crippen molar-refractivity contribution >= 4 is 33.4 Å². The van der Waals surface area contributed by atoms with Crippen LogP contribution < -0.4 is 9.62 Å². The van der Waals surface area contributed by atoms with Crippen LogP contribution in [0.2, 0.25) is 0 Å². The second-order valence-corrected chi connectivity index (χ2v) is 9.47. The number of hydrogen-bond acceptors (Lipinski definition) is 4. The van der Waals surface area contributed by atoms with E-state index in [2.05, 4.69) is 5.32 Å². The number of carboxylic acids is 1. The predicted octanol–water partition coefficient (Wildman–Crippen LogP) is 2.11. The molecule has 2 aliphatic heterocycles. The summed E-state index contributed by atoms with van der Waals surface area (Å²) in [4.78, 5) is 25.4. The number of nitrogens with one attached hydrogen (secondary N) is 1. The van der Waals surface area contributed by atoms with Gasteiger partial charge in [-0.3, -0.25) is 9.10 Å². The molecule has 0 radical (unpaired) electrons. The highest BCUT2D eigenvalue weighted by Crippen LogP contribution is 2.30. The molecule has 3 rings (SSSR count). The molecule has 2 atom stereocenters. The van der Waals surface area contributed by atoms with Crippen molar-refractivity contribution in [2.24, 2.45) is 11.8 Å². The van der Waals surface area contributed by atoms with Gasteiger partial charge in [-0.25, -0.2) is 13.2 Å². The van der Waals surface area contributed by atoms with Gasteiger partial charge in [0.25, 0.3) is 0 Å². The lowest BCUT2D eigenvalue weighted by Gasteiger charge is -2.34. The van der Waals surface area contributed by atoms with E-state index in [9.17, 15) is 23.1 Å². The topological polar surface area (TPSA) is 107 Å². The average molecular weight is 395 g/mol. The van der Waals surface area contributed by atoms with Crippen LogP contribution in [0.1, 0.15) is 25.3 Å². The van der Waals surface area contributed by atoms with E-state index in [1.54, 1.807) is 18.2 Å². The van der Waals surface area contributed by atoms with Crippen molar-refractivity contribution in [3.63, 3.8) is 0 Å². The summed E-state index contributed by atoms with van der Waals surface area (Å²) in [6.07, 6.45) is 1.14. The molecule has 2 heterocycles. The van der Waals surface area contributed by atoms with Gasteiger partial charge in [-0.05, 0) is 43.4 Å². The number of sulfonamides is 1. The van der Waals surface area contributed by atoms with E-state index in [4.69, 9.17) is 0 Å². The number of hydrogen-bond donors (Lipinski definition) is 2. The Morgan fingerprint density at radius 2 is 2.00 bits per heavy atom. The molecule has 0 spiro atoms. The maximum absolute atomic E-state index is 12.6. The van der Waals surface area contributed by atoms with E-state index in [1.165, 1.54) is 9.21 Å². The van der Waals surface area contributed by atoms with Crippen LogP contribution in [0.4, 0.5) is 16.2 Å². The minimum atomic E-state index is -3.31. The molecule has 2 unspecified atom stereocenters. The SMILES string of the molecule is Cc1ccc(NC(=O)N2CC(C)CC(C(=O)O)C2)cc1N1CCCS1(=O)=O. The van der Waals surface area contributed by atoms with Gasteiger partial charge < -0.3 is 15.3 Å². The van der Waals surface area contributed by atoms with Crippen molar-refractivity contribution in [3.05, 3.63) is 23.8 Å². The minimum absolute atomic E-state index is 0.105. The van der Waals surface area contributed by atoms with E-state index in [0.717, 1.165) is 5.56 Å². The summed E-state index contributed by atoms with van der Waals surface area (Å²) < 4.78 is 25.8. The van der Waals surface area contributed by atoms with Crippen LogP contribution in [0.5, 0.6) is 0 Å². The zero-order chi connectivity index (χ0) is 19.8. The van der Waals surface area contributed by atoms with E-state index in [1.807, 2.05) is 13.8 Å². The molecule has 1 aromatic rings. The molecule has 0 aromatic heterocycles. The number of carboxylic acid groups (broad SMARTS) is 1. The zero-order valence-electron chi connectivity index (χ0n) is 15.5. The Balaban J connectivity index is 1.77. The molecule has 2 amide bonds. The molecular formula is C18H25N3O5S. The minimum Gasteiger partial charge on any atom is -0.481 e. The number of aryl methyl sites for hydroxylation is 1. The summed E-state index contributed by atoms with van der Waals surface area (Å²) in [6, 6.07) is 4.80. The summed E-state index contributed by atoms with van der Waals surface area (Å²) in [5, 5.41) is 12.0. The van der Waals surface area contributed by atoms with Gasteiger partial charge in [0.1, 0.15) is 0 Å². The van der Waals surface area contributed by atoms with Gasteiger partial charge in [0.15, 0.2) is 0 Å². The maximum atomic E-state index is 12.6. The van der Waals surface area contributed by atoms with Gasteiger partial charge in [-0.1, -0.05) is 13.0 Å². The highest BCUT2D eigenvalue weighted by molar-refractivity contribution is 7.93. The number of nitrogens with zero attached hydrogens (tertiary/aromatic N) is 2. The van der Waals surface area contributed by atoms with Gasteiger partial charge in [-0.15, -0.1) is 0 Å². The second-order valence-electron chi connectivity index (χ2n) is 7.45. The summed E-state index contributed by atoms with van der Waals surface area (Å²) in [5.74, 6) is -1.22. The third-order valence-electron chi connectivity index (χ3n) is 5.12. The summed E-state index contributed by atoms with van der Waals surface area (Å²) in [5.41, 5.74) is 1.88. The van der Waals surface area contributed by atoms with Crippen molar-refractivity contribution in [1.82, 2.24) is 4.90 Å². The van der Waals surface area contributed by atoms with E-state index in [0.29, 0.717) is 37.3 Å². The quantitative estimate of drug-likeness (QED) is 0.815. The number of urea groups is 1. The Bertz CT molecular complexity index is 855. The number of carbonyl (C=O) groups is 2. The van der Waals surface area contributed by atoms with Crippen LogP contribution in [0, 0.1) is 18.8 Å². The largest absolute Gasteiger partial charge is 0.481 e. The molecule has 148 valence electrons. The molecule has 0 aliphatic carbocycles. The summed E-state index contributed by atoms with van der Waals surface area (Å²) in [6.45, 7) is 4.86. The molecular weight excluding hydrogens is 370 g/mol. The first-order chi connectivity index (χ1) is 12.7. The van der Waals surface area contributed by atoms with Gasteiger partial charge in [-0.2, -0.15) is 0 Å². The van der Waals surface area contributed by atoms with E-state index < -0.39 is 21.9 Å². The third-order valence-corrected chi connectivity index (χ3v) is 6.98. The monoisotopic (exact) mass is 395 g/mol. The number of amides is 2. The lowest BCUT2D eigenvalue weighted by molar-refractivity contribution is -0.143. The Hall–Kier alpha value is -2.29. The van der Waals surface area contributed by atoms with Crippen LogP contribution >= 0.6 is 0 Å². The van der Waals surface area contributed by atoms with Gasteiger partial charge in [0.2, 0.25) is 10.0 Å². The fraction of sp³-hybridized carbons (Fsp3) is 0.556. The number of anilines is 2. The van der Waals surface area contributed by atoms with E-state index in [-0.39, 0.29) is 24.2 Å². The first-order valence-electron chi connectivity index (χ1n) is 9.07. The van der Waals surface area contributed by atoms with Crippen molar-refractivity contribution in [2.75, 3.05) is 35.0 Å². The zero-order valence-corrected chi connectivity index (χ0v) is 16.3. The normalized spacial score (nSPS) is 24.7. The Morgan fingerprint density at radius 3 is 2.63 bits per heavy atom. The van der Waals surface area contributed by atoms with Crippen LogP contribution in [-0.4, -0.2) is 55.8 Å². The lowest BCUT2D eigenvalue weighted by atomic mass is 9.91. The molecule has 27 heavy (non-hydrogen) atoms. The fourth-order valence-electron chi connectivity index (χ4n) is 3.76. The lowest BCUT2D eigenvalue weighted by Crippen LogP contribution is -2.47. The van der Waals surface area contributed by atoms with E-state index >= 15 is 0 Å². The summed E-state index contributed by atoms with van der Waals surface area (Å²) >= 11 is 0. The van der Waals surface area contributed by atoms with Gasteiger partial charge >= 0.3 is 12.0 Å². The number of rotatable bonds is 3. The predicted molar refractivity (Wildman–Crippen MR) is 102 cm³/mol. The molecule has 2 N–H and O–H groups in total. The fourth-order valence-corrected chi connectivity index (χ4v) is 5.38. The molecule has 8 nitrogen and oxygen atoms in total. The third kappa shape index (κ3) is 4.18. The van der Waals surface area contributed by atoms with Crippen molar-refractivity contribution in [2.45, 2.75) is 26.7 Å². The number of aliphatic carboxylic acids is 1. The molecule has 2 fully saturated rings. The molecule has 2 aliphatic rings. The highest BCUT2D eigenvalue weighted by Gasteiger charge is 2.32. The first kappa shape index (κ1) is 19.5. The Kier molecular flexibility index (Phi) is 5.32. The second kappa shape index (κ2) is 7.38. The molecule has 0 saturated carbocycles. The number of benzene rings is 1. The summed E-state index contributed by atoms with van der Waals surface area (Å²) in [7, 11) is -3.31. The van der Waals surface area contributed by atoms with Crippen LogP contribution in [0.25, 0.3) is 0 Å². The Labute approximate surface area is 159 Å². The number of likely N-dealkylation sites (tertiary alicyclic amines) is 1. The molecule has 9 heteroatoms. The molecule has 2 saturated heterocycles. The maximum Gasteiger partial charge on any atom is 0.321 e. The van der Waals surface area contributed by atoms with Crippen LogP contribution in [0.3, 0.4) is 0 Å². The number of piperidine rings is 1. The highest BCUT2D eigenvalue weighted by atomic mass is 32.2. The smallest absolute Gasteiger partial charge is 0.321 e. The van der Waals surface area contributed by atoms with Crippen molar-refractivity contribution < 1.29 is 23.1 Å². The van der Waals surface area contributed by atoms with Gasteiger partial charge in [0, 0.05) is 25.3 Å². The van der Waals surface area contributed by atoms with Crippen molar-refractivity contribution in [3.8, 4) is 0 Å². The number of carbonyl (C=O) groups excluding carboxylic acids is 1. The molecule has 0 bridgehead atoms. The van der Waals surface area contributed by atoms with Gasteiger partial charge in [0.05, 0.1) is 17.4 Å². The standard InChI is InChI=1S/C18H25N3O5S/c1-12-8-14(17(22)23)11-20(10-12)18(24)19-15-5-4-13(2)16(9-15)21-6-3-7-27(21,25)26/h4-5,9,12,14H,3,6-8,10-11H2,1-2H3,(H,19,24)(H,22,23). The molecule has 1 aromatic carbocycles. The van der Waals surface area contributed by atoms with Crippen LogP contribution in [-0.2, 0) is 14.8 Å².